The lowest BCUT2D eigenvalue weighted by molar-refractivity contribution is 0.0692. The average molecular weight is 216 g/mol. The lowest BCUT2D eigenvalue weighted by Crippen LogP contribution is -2.02. The van der Waals surface area contributed by atoms with Gasteiger partial charge in [0.05, 0.1) is 12.0 Å². The molecular formula is C9H9FO3S. The van der Waals surface area contributed by atoms with Gasteiger partial charge < -0.3 is 9.84 Å². The molecule has 76 valence electrons. The number of thioether (sulfide) groups is 1. The van der Waals surface area contributed by atoms with E-state index in [1.54, 1.807) is 6.26 Å². The van der Waals surface area contributed by atoms with E-state index in [1.165, 1.54) is 24.9 Å². The van der Waals surface area contributed by atoms with Gasteiger partial charge in [0.1, 0.15) is 17.1 Å². The molecule has 1 aromatic carbocycles. The van der Waals surface area contributed by atoms with E-state index >= 15 is 0 Å². The zero-order chi connectivity index (χ0) is 10.7. The van der Waals surface area contributed by atoms with Gasteiger partial charge in [-0.3, -0.25) is 0 Å². The molecule has 1 rings (SSSR count). The summed E-state index contributed by atoms with van der Waals surface area (Å²) in [6.45, 7) is 0. The fourth-order valence-corrected chi connectivity index (χ4v) is 1.70. The largest absolute Gasteiger partial charge is 0.495 e. The molecule has 1 N–H and O–H groups in total. The Balaban J connectivity index is 3.39. The number of carbonyl (C=O) groups is 1. The number of rotatable bonds is 3. The van der Waals surface area contributed by atoms with Crippen molar-refractivity contribution in [2.45, 2.75) is 4.90 Å². The van der Waals surface area contributed by atoms with Gasteiger partial charge in [-0.1, -0.05) is 0 Å². The minimum Gasteiger partial charge on any atom is -0.495 e. The Morgan fingerprint density at radius 1 is 1.57 bits per heavy atom. The van der Waals surface area contributed by atoms with E-state index in [9.17, 15) is 9.18 Å². The van der Waals surface area contributed by atoms with Crippen LogP contribution in [-0.2, 0) is 0 Å². The molecule has 5 heteroatoms. The van der Waals surface area contributed by atoms with Crippen molar-refractivity contribution < 1.29 is 19.0 Å². The highest BCUT2D eigenvalue weighted by Crippen LogP contribution is 2.32. The molecule has 0 heterocycles. The second-order valence-corrected chi connectivity index (χ2v) is 3.34. The summed E-state index contributed by atoms with van der Waals surface area (Å²) in [6.07, 6.45) is 1.73. The molecule has 0 aliphatic carbocycles. The van der Waals surface area contributed by atoms with Gasteiger partial charge in [-0.2, -0.15) is 0 Å². The first-order valence-electron chi connectivity index (χ1n) is 3.75. The van der Waals surface area contributed by atoms with Crippen molar-refractivity contribution in [2.24, 2.45) is 0 Å². The Labute approximate surface area is 84.9 Å². The maximum absolute atomic E-state index is 13.0. The van der Waals surface area contributed by atoms with E-state index in [4.69, 9.17) is 9.84 Å². The molecule has 0 radical (unpaired) electrons. The predicted octanol–water partition coefficient (Wildman–Crippen LogP) is 2.25. The molecule has 0 aliphatic rings. The van der Waals surface area contributed by atoms with E-state index in [2.05, 4.69) is 0 Å². The number of methoxy groups -OCH3 is 1. The van der Waals surface area contributed by atoms with Crippen LogP contribution in [0, 0.1) is 5.82 Å². The van der Waals surface area contributed by atoms with Crippen molar-refractivity contribution in [2.75, 3.05) is 13.4 Å². The molecule has 0 fully saturated rings. The third-order valence-electron chi connectivity index (χ3n) is 1.67. The van der Waals surface area contributed by atoms with Gasteiger partial charge in [-0.25, -0.2) is 9.18 Å². The van der Waals surface area contributed by atoms with Crippen LogP contribution >= 0.6 is 11.8 Å². The van der Waals surface area contributed by atoms with Gasteiger partial charge in [0.25, 0.3) is 0 Å². The number of hydrogen-bond donors (Lipinski definition) is 1. The van der Waals surface area contributed by atoms with Crippen LogP contribution in [0.2, 0.25) is 0 Å². The maximum Gasteiger partial charge on any atom is 0.339 e. The van der Waals surface area contributed by atoms with E-state index in [0.717, 1.165) is 6.07 Å². The molecule has 14 heavy (non-hydrogen) atoms. The highest BCUT2D eigenvalue weighted by Gasteiger charge is 2.16. The van der Waals surface area contributed by atoms with Crippen LogP contribution in [0.15, 0.2) is 17.0 Å². The van der Waals surface area contributed by atoms with Crippen molar-refractivity contribution in [1.29, 1.82) is 0 Å². The van der Waals surface area contributed by atoms with Crippen LogP contribution in [-0.4, -0.2) is 24.4 Å². The van der Waals surface area contributed by atoms with Crippen molar-refractivity contribution in [3.63, 3.8) is 0 Å². The van der Waals surface area contributed by atoms with E-state index in [0.29, 0.717) is 4.90 Å². The monoisotopic (exact) mass is 216 g/mol. The summed E-state index contributed by atoms with van der Waals surface area (Å²) < 4.78 is 17.9. The van der Waals surface area contributed by atoms with Gasteiger partial charge in [0.2, 0.25) is 0 Å². The summed E-state index contributed by atoms with van der Waals surface area (Å²) >= 11 is 1.24. The number of carboxylic acids is 1. The fourth-order valence-electron chi connectivity index (χ4n) is 1.09. The minimum absolute atomic E-state index is 0.156. The quantitative estimate of drug-likeness (QED) is 0.787. The summed E-state index contributed by atoms with van der Waals surface area (Å²) in [4.78, 5) is 11.2. The summed E-state index contributed by atoms with van der Waals surface area (Å²) in [6, 6.07) is 2.19. The van der Waals surface area contributed by atoms with Gasteiger partial charge in [-0.15, -0.1) is 11.8 Å². The molecule has 1 aromatic rings. The maximum atomic E-state index is 13.0. The van der Waals surface area contributed by atoms with Crippen molar-refractivity contribution in [3.05, 3.63) is 23.5 Å². The summed E-state index contributed by atoms with van der Waals surface area (Å²) in [5.74, 6) is -1.57. The van der Waals surface area contributed by atoms with E-state index < -0.39 is 11.8 Å². The summed E-state index contributed by atoms with van der Waals surface area (Å²) in [7, 11) is 1.36. The number of aromatic carboxylic acids is 1. The normalized spacial score (nSPS) is 9.93. The number of halogens is 1. The van der Waals surface area contributed by atoms with Gasteiger partial charge in [0.15, 0.2) is 0 Å². The van der Waals surface area contributed by atoms with Crippen LogP contribution in [0.25, 0.3) is 0 Å². The molecular weight excluding hydrogens is 207 g/mol. The molecule has 0 aromatic heterocycles. The van der Waals surface area contributed by atoms with E-state index in [-0.39, 0.29) is 11.3 Å². The minimum atomic E-state index is -1.20. The molecule has 0 saturated heterocycles. The van der Waals surface area contributed by atoms with Crippen molar-refractivity contribution in [1.82, 2.24) is 0 Å². The Hall–Kier alpha value is -1.23. The number of benzene rings is 1. The highest BCUT2D eigenvalue weighted by molar-refractivity contribution is 7.98. The van der Waals surface area contributed by atoms with Crippen molar-refractivity contribution in [3.8, 4) is 5.75 Å². The number of ether oxygens (including phenoxy) is 1. The first kappa shape index (κ1) is 10.8. The van der Waals surface area contributed by atoms with Crippen LogP contribution in [0.4, 0.5) is 4.39 Å². The van der Waals surface area contributed by atoms with Crippen LogP contribution in [0.3, 0.4) is 0 Å². The second kappa shape index (κ2) is 4.32. The molecule has 0 aliphatic heterocycles. The van der Waals surface area contributed by atoms with Gasteiger partial charge in [0, 0.05) is 0 Å². The summed E-state index contributed by atoms with van der Waals surface area (Å²) in [5, 5.41) is 8.79. The number of carboxylic acid groups (broad SMARTS) is 1. The SMILES string of the molecule is COc1c(SC)cc(F)cc1C(=O)O. The molecule has 0 bridgehead atoms. The van der Waals surface area contributed by atoms with Crippen LogP contribution < -0.4 is 4.74 Å². The Kier molecular flexibility index (Phi) is 3.35. The molecule has 0 atom stereocenters. The first-order valence-corrected chi connectivity index (χ1v) is 4.97. The molecule has 0 unspecified atom stereocenters. The highest BCUT2D eigenvalue weighted by atomic mass is 32.2. The topological polar surface area (TPSA) is 46.5 Å². The van der Waals surface area contributed by atoms with Crippen LogP contribution in [0.5, 0.6) is 5.75 Å². The third-order valence-corrected chi connectivity index (χ3v) is 2.42. The Morgan fingerprint density at radius 2 is 2.21 bits per heavy atom. The smallest absolute Gasteiger partial charge is 0.339 e. The number of hydrogen-bond acceptors (Lipinski definition) is 3. The first-order chi connectivity index (χ1) is 6.60. The molecule has 0 spiro atoms. The van der Waals surface area contributed by atoms with Gasteiger partial charge in [-0.05, 0) is 18.4 Å². The second-order valence-electron chi connectivity index (χ2n) is 2.49. The molecule has 0 saturated carbocycles. The van der Waals surface area contributed by atoms with Crippen molar-refractivity contribution >= 4 is 17.7 Å². The Bertz CT molecular complexity index is 365. The molecule has 3 nitrogen and oxygen atoms in total. The standard InChI is InChI=1S/C9H9FO3S/c1-13-8-6(9(11)12)3-5(10)4-7(8)14-2/h3-4H,1-2H3,(H,11,12). The third kappa shape index (κ3) is 1.98. The fraction of sp³-hybridized carbons (Fsp3) is 0.222. The predicted molar refractivity (Wildman–Crippen MR) is 51.7 cm³/mol. The zero-order valence-electron chi connectivity index (χ0n) is 7.70. The lowest BCUT2D eigenvalue weighted by atomic mass is 10.2. The molecule has 0 amide bonds. The van der Waals surface area contributed by atoms with Crippen LogP contribution in [0.1, 0.15) is 10.4 Å². The lowest BCUT2D eigenvalue weighted by Gasteiger charge is -2.09. The van der Waals surface area contributed by atoms with E-state index in [1.807, 2.05) is 0 Å². The Morgan fingerprint density at radius 3 is 2.64 bits per heavy atom. The average Bonchev–Trinajstić information content (AvgIpc) is 2.16. The zero-order valence-corrected chi connectivity index (χ0v) is 8.52. The summed E-state index contributed by atoms with van der Waals surface area (Å²) in [5.41, 5.74) is -0.156. The van der Waals surface area contributed by atoms with Gasteiger partial charge >= 0.3 is 5.97 Å².